The van der Waals surface area contributed by atoms with E-state index in [1.807, 2.05) is 11.9 Å². The van der Waals surface area contributed by atoms with Gasteiger partial charge in [0.05, 0.1) is 18.5 Å². The smallest absolute Gasteiger partial charge is 0.410 e. The summed E-state index contributed by atoms with van der Waals surface area (Å²) < 4.78 is 33.5. The fourth-order valence-corrected chi connectivity index (χ4v) is 5.92. The van der Waals surface area contributed by atoms with Gasteiger partial charge < -0.3 is 9.64 Å². The number of likely N-dealkylation sites (tertiary alicyclic amines) is 1. The monoisotopic (exact) mass is 400 g/mol. The maximum Gasteiger partial charge on any atom is 0.410 e. The van der Waals surface area contributed by atoms with Gasteiger partial charge in [0.15, 0.2) is 0 Å². The average Bonchev–Trinajstić information content (AvgIpc) is 2.78. The molecular weight excluding hydrogens is 368 g/mol. The first-order valence-corrected chi connectivity index (χ1v) is 11.1. The Morgan fingerprint density at radius 1 is 1.19 bits per heavy atom. The Morgan fingerprint density at radius 2 is 1.89 bits per heavy atom. The van der Waals surface area contributed by atoms with Gasteiger partial charge in [0.25, 0.3) is 0 Å². The molecule has 2 atom stereocenters. The summed E-state index contributed by atoms with van der Waals surface area (Å²) in [5.74, 6) is 0. The molecule has 0 aromatic rings. The third-order valence-electron chi connectivity index (χ3n) is 5.03. The minimum atomic E-state index is -3.58. The first kappa shape index (κ1) is 21.9. The van der Waals surface area contributed by atoms with Gasteiger partial charge in [-0.1, -0.05) is 12.8 Å². The Morgan fingerprint density at radius 3 is 2.52 bits per heavy atom. The minimum absolute atomic E-state index is 0.0506. The van der Waals surface area contributed by atoms with Crippen LogP contribution in [0.5, 0.6) is 0 Å². The highest BCUT2D eigenvalue weighted by Crippen LogP contribution is 2.27. The molecule has 2 aliphatic rings. The van der Waals surface area contributed by atoms with Crippen LogP contribution in [-0.4, -0.2) is 78.9 Å². The van der Waals surface area contributed by atoms with Crippen LogP contribution >= 0.6 is 0 Å². The van der Waals surface area contributed by atoms with Gasteiger partial charge >= 0.3 is 6.09 Å². The van der Waals surface area contributed by atoms with Crippen LogP contribution in [0.2, 0.25) is 0 Å². The lowest BCUT2D eigenvalue weighted by Crippen LogP contribution is -2.60. The van der Waals surface area contributed by atoms with E-state index in [9.17, 15) is 18.5 Å². The van der Waals surface area contributed by atoms with E-state index in [1.165, 1.54) is 9.21 Å². The normalized spacial score (nSPS) is 26.3. The Hall–Kier alpha value is -1.37. The molecule has 8 nitrogen and oxygen atoms in total. The summed E-state index contributed by atoms with van der Waals surface area (Å²) in [6.07, 6.45) is 3.10. The zero-order valence-corrected chi connectivity index (χ0v) is 17.7. The quantitative estimate of drug-likeness (QED) is 0.719. The third kappa shape index (κ3) is 5.56. The number of carbonyl (C=O) groups excluding carboxylic acids is 1. The first-order valence-electron chi connectivity index (χ1n) is 9.62. The molecule has 0 radical (unpaired) electrons. The predicted octanol–water partition coefficient (Wildman–Crippen LogP) is 1.98. The average molecular weight is 401 g/mol. The molecule has 0 spiro atoms. The van der Waals surface area contributed by atoms with Crippen LogP contribution in [0.1, 0.15) is 52.9 Å². The summed E-state index contributed by atoms with van der Waals surface area (Å²) in [4.78, 5) is 15.8. The summed E-state index contributed by atoms with van der Waals surface area (Å²) in [5, 5.41) is 8.64. The molecule has 0 saturated carbocycles. The van der Waals surface area contributed by atoms with Gasteiger partial charge in [-0.05, 0) is 47.2 Å². The summed E-state index contributed by atoms with van der Waals surface area (Å²) in [6.45, 7) is 6.77. The van der Waals surface area contributed by atoms with Crippen molar-refractivity contribution >= 4 is 16.1 Å². The topological polar surface area (TPSA) is 94.0 Å². The zero-order valence-electron chi connectivity index (χ0n) is 16.8. The number of nitrogens with zero attached hydrogens (tertiary/aromatic N) is 4. The molecule has 2 saturated heterocycles. The molecule has 2 fully saturated rings. The number of hydrogen-bond donors (Lipinski definition) is 0. The summed E-state index contributed by atoms with van der Waals surface area (Å²) in [6, 6.07) is 1.53. The Kier molecular flexibility index (Phi) is 7.11. The van der Waals surface area contributed by atoms with Crippen molar-refractivity contribution in [3.8, 4) is 6.07 Å². The highest BCUT2D eigenvalue weighted by atomic mass is 32.2. The van der Waals surface area contributed by atoms with E-state index >= 15 is 0 Å². The summed E-state index contributed by atoms with van der Waals surface area (Å²) in [5.41, 5.74) is -0.617. The number of carbonyl (C=O) groups is 1. The molecule has 9 heteroatoms. The Bertz CT molecular complexity index is 668. The fourth-order valence-electron chi connectivity index (χ4n) is 3.69. The molecular formula is C18H32N4O4S. The van der Waals surface area contributed by atoms with Crippen molar-refractivity contribution in [3.63, 3.8) is 0 Å². The van der Waals surface area contributed by atoms with Crippen LogP contribution in [0.3, 0.4) is 0 Å². The van der Waals surface area contributed by atoms with Gasteiger partial charge in [0, 0.05) is 19.6 Å². The molecule has 0 aromatic carbocycles. The molecule has 0 bridgehead atoms. The van der Waals surface area contributed by atoms with Gasteiger partial charge in [-0.25, -0.2) is 13.2 Å². The molecule has 0 aliphatic carbocycles. The Labute approximate surface area is 163 Å². The third-order valence-corrected chi connectivity index (χ3v) is 7.45. The Balaban J connectivity index is 2.17. The van der Waals surface area contributed by atoms with Gasteiger partial charge in [-0.3, -0.25) is 4.90 Å². The van der Waals surface area contributed by atoms with Crippen LogP contribution in [-0.2, 0) is 14.8 Å². The van der Waals surface area contributed by atoms with Crippen molar-refractivity contribution < 1.29 is 17.9 Å². The van der Waals surface area contributed by atoms with Crippen LogP contribution in [0.15, 0.2) is 0 Å². The van der Waals surface area contributed by atoms with E-state index < -0.39 is 33.1 Å². The predicted molar refractivity (Wildman–Crippen MR) is 102 cm³/mol. The molecule has 0 N–H and O–H groups in total. The fraction of sp³-hybridized carbons (Fsp3) is 0.889. The second-order valence-electron chi connectivity index (χ2n) is 8.38. The molecule has 27 heavy (non-hydrogen) atoms. The summed E-state index contributed by atoms with van der Waals surface area (Å²) >= 11 is 0. The second kappa shape index (κ2) is 8.76. The number of sulfonamides is 1. The van der Waals surface area contributed by atoms with Crippen molar-refractivity contribution in [2.24, 2.45) is 0 Å². The van der Waals surface area contributed by atoms with Crippen LogP contribution in [0, 0.1) is 11.3 Å². The van der Waals surface area contributed by atoms with E-state index in [0.29, 0.717) is 6.42 Å². The van der Waals surface area contributed by atoms with E-state index in [1.54, 1.807) is 20.8 Å². The van der Waals surface area contributed by atoms with Crippen molar-refractivity contribution in [1.29, 1.82) is 5.26 Å². The van der Waals surface area contributed by atoms with E-state index in [-0.39, 0.29) is 26.1 Å². The highest BCUT2D eigenvalue weighted by Gasteiger charge is 2.42. The number of hydrogen-bond acceptors (Lipinski definition) is 6. The van der Waals surface area contributed by atoms with Crippen LogP contribution in [0.4, 0.5) is 4.79 Å². The molecule has 154 valence electrons. The van der Waals surface area contributed by atoms with E-state index in [0.717, 1.165) is 25.8 Å². The second-order valence-corrected chi connectivity index (χ2v) is 10.4. The highest BCUT2D eigenvalue weighted by molar-refractivity contribution is 7.89. The largest absolute Gasteiger partial charge is 0.444 e. The van der Waals surface area contributed by atoms with E-state index in [4.69, 9.17) is 4.74 Å². The zero-order chi connectivity index (χ0) is 20.2. The first-order chi connectivity index (χ1) is 12.6. The van der Waals surface area contributed by atoms with Crippen molar-refractivity contribution in [3.05, 3.63) is 0 Å². The van der Waals surface area contributed by atoms with Crippen molar-refractivity contribution in [2.75, 3.05) is 33.2 Å². The van der Waals surface area contributed by atoms with Crippen molar-refractivity contribution in [2.45, 2.75) is 69.9 Å². The summed E-state index contributed by atoms with van der Waals surface area (Å²) in [7, 11) is -1.73. The van der Waals surface area contributed by atoms with Crippen LogP contribution in [0.25, 0.3) is 0 Å². The molecule has 2 rings (SSSR count). The number of amides is 1. The minimum Gasteiger partial charge on any atom is -0.444 e. The number of rotatable bonds is 3. The number of nitriles is 1. The molecule has 1 unspecified atom stereocenters. The van der Waals surface area contributed by atoms with Crippen molar-refractivity contribution in [1.82, 2.24) is 14.1 Å². The van der Waals surface area contributed by atoms with Gasteiger partial charge in [-0.2, -0.15) is 9.57 Å². The van der Waals surface area contributed by atoms with Crippen LogP contribution < -0.4 is 0 Å². The lowest BCUT2D eigenvalue weighted by atomic mass is 10.1. The van der Waals surface area contributed by atoms with Gasteiger partial charge in [0.1, 0.15) is 11.0 Å². The maximum atomic E-state index is 13.3. The van der Waals surface area contributed by atoms with Gasteiger partial charge in [-0.15, -0.1) is 0 Å². The molecule has 2 heterocycles. The molecule has 1 amide bonds. The SMILES string of the molecule is CN1CCCCCC1S(=O)(=O)N1CCN(C(=O)OC(C)(C)C)C[C@@H]1CC#N. The van der Waals surface area contributed by atoms with Gasteiger partial charge in [0.2, 0.25) is 10.0 Å². The standard InChI is InChI=1S/C18H32N4O4S/c1-18(2,3)26-17(23)21-12-13-22(15(14-21)9-10-19)27(24,25)16-8-6-5-7-11-20(16)4/h15-16H,5-9,11-14H2,1-4H3/t15-,16?/m0/s1. The lowest BCUT2D eigenvalue weighted by Gasteiger charge is -2.42. The maximum absolute atomic E-state index is 13.3. The lowest BCUT2D eigenvalue weighted by molar-refractivity contribution is 0.0132. The number of piperazine rings is 1. The van der Waals surface area contributed by atoms with E-state index in [2.05, 4.69) is 6.07 Å². The molecule has 0 aromatic heterocycles. The molecule has 2 aliphatic heterocycles. The number of ether oxygens (including phenoxy) is 1.